The van der Waals surface area contributed by atoms with E-state index < -0.39 is 5.97 Å². The number of carboxylic acids is 1. The molecule has 7 nitrogen and oxygen atoms in total. The zero-order valence-electron chi connectivity index (χ0n) is 12.0. The molecule has 0 spiro atoms. The number of benzene rings is 1. The first-order valence-electron chi connectivity index (χ1n) is 5.93. The molecule has 0 amide bonds. The number of ether oxygens (including phenoxy) is 1. The fraction of sp³-hybridized carbons (Fsp3) is 0.385. The predicted octanol–water partition coefficient (Wildman–Crippen LogP) is 1.29. The van der Waals surface area contributed by atoms with Crippen LogP contribution in [0, 0.1) is 13.8 Å². The molecule has 0 saturated heterocycles. The Kier molecular flexibility index (Phi) is 5.64. The van der Waals surface area contributed by atoms with Gasteiger partial charge in [-0.15, -0.1) is 5.11 Å². The molecule has 0 fully saturated rings. The van der Waals surface area contributed by atoms with Crippen LogP contribution in [-0.2, 0) is 9.53 Å². The Hall–Kier alpha value is -2.44. The molecule has 0 aliphatic heterocycles. The Morgan fingerprint density at radius 3 is 2.75 bits per heavy atom. The second-order valence-electron chi connectivity index (χ2n) is 4.30. The normalized spacial score (nSPS) is 11.2. The van der Waals surface area contributed by atoms with Gasteiger partial charge in [-0.05, 0) is 31.0 Å². The average molecular weight is 277 g/mol. The second-order valence-corrected chi connectivity index (χ2v) is 4.30. The van der Waals surface area contributed by atoms with Crippen molar-refractivity contribution in [3.8, 4) is 0 Å². The van der Waals surface area contributed by atoms with Gasteiger partial charge in [-0.2, -0.15) is 0 Å². The summed E-state index contributed by atoms with van der Waals surface area (Å²) in [7, 11) is 3.00. The number of likely N-dealkylation sites (N-methyl/N-ethyl adjacent to an activating group) is 1. The Balaban J connectivity index is 3.06. The summed E-state index contributed by atoms with van der Waals surface area (Å²) in [5.74, 6) is -1.22. The fourth-order valence-electron chi connectivity index (χ4n) is 1.62. The summed E-state index contributed by atoms with van der Waals surface area (Å²) in [6, 6.07) is 3.79. The third-order valence-corrected chi connectivity index (χ3v) is 2.38. The van der Waals surface area contributed by atoms with Crippen LogP contribution in [0.15, 0.2) is 27.5 Å². The van der Waals surface area contributed by atoms with Gasteiger partial charge in [0.05, 0.1) is 25.3 Å². The second kappa shape index (κ2) is 7.22. The summed E-state index contributed by atoms with van der Waals surface area (Å²) in [5.41, 5.74) is 3.09. The highest BCUT2D eigenvalue weighted by Gasteiger charge is 2.06. The Morgan fingerprint density at radius 2 is 2.15 bits per heavy atom. The van der Waals surface area contributed by atoms with E-state index in [1.807, 2.05) is 26.0 Å². The van der Waals surface area contributed by atoms with Gasteiger partial charge in [0.2, 0.25) is 0 Å². The number of aryl methyl sites for hydroxylation is 2. The standard InChI is InChI=1S/C13H18N4O3/c1-9-5-10(2)13(11(6-9)14-8-20-4)15-16-17(3)7-12(18)19/h5-6,8H,7H2,1-4H3,(H,18,19)/p-1. The molecule has 0 aromatic heterocycles. The van der Waals surface area contributed by atoms with Crippen LogP contribution in [0.2, 0.25) is 0 Å². The average Bonchev–Trinajstić information content (AvgIpc) is 2.33. The van der Waals surface area contributed by atoms with E-state index in [2.05, 4.69) is 15.3 Å². The van der Waals surface area contributed by atoms with Crippen LogP contribution in [0.25, 0.3) is 0 Å². The van der Waals surface area contributed by atoms with E-state index >= 15 is 0 Å². The van der Waals surface area contributed by atoms with Crippen molar-refractivity contribution < 1.29 is 14.6 Å². The first-order valence-corrected chi connectivity index (χ1v) is 5.93. The summed E-state index contributed by atoms with van der Waals surface area (Å²) >= 11 is 0. The number of hydrogen-bond donors (Lipinski definition) is 0. The maximum Gasteiger partial charge on any atom is 0.174 e. The van der Waals surface area contributed by atoms with Crippen LogP contribution in [-0.4, -0.2) is 38.1 Å². The number of rotatable bonds is 6. The zero-order valence-corrected chi connectivity index (χ0v) is 12.0. The highest BCUT2D eigenvalue weighted by Crippen LogP contribution is 2.33. The van der Waals surface area contributed by atoms with Crippen LogP contribution in [0.1, 0.15) is 11.1 Å². The van der Waals surface area contributed by atoms with Crippen molar-refractivity contribution in [2.75, 3.05) is 20.7 Å². The molecule has 1 aromatic carbocycles. The molecule has 1 aromatic rings. The van der Waals surface area contributed by atoms with Gasteiger partial charge in [-0.1, -0.05) is 11.3 Å². The highest BCUT2D eigenvalue weighted by molar-refractivity contribution is 5.71. The summed E-state index contributed by atoms with van der Waals surface area (Å²) in [5, 5.41) is 19.5. The molecular formula is C13H17N4O3-. The molecule has 0 aliphatic carbocycles. The third kappa shape index (κ3) is 4.68. The van der Waals surface area contributed by atoms with Crippen molar-refractivity contribution >= 4 is 23.7 Å². The van der Waals surface area contributed by atoms with Gasteiger partial charge >= 0.3 is 0 Å². The van der Waals surface area contributed by atoms with Crippen molar-refractivity contribution in [3.63, 3.8) is 0 Å². The maximum atomic E-state index is 10.4. The number of methoxy groups -OCH3 is 1. The Bertz CT molecular complexity index is 541. The van der Waals surface area contributed by atoms with E-state index in [9.17, 15) is 9.90 Å². The molecule has 0 saturated carbocycles. The van der Waals surface area contributed by atoms with Crippen LogP contribution < -0.4 is 5.11 Å². The smallest absolute Gasteiger partial charge is 0.174 e. The Labute approximate surface area is 117 Å². The minimum absolute atomic E-state index is 0.328. The van der Waals surface area contributed by atoms with Crippen molar-refractivity contribution in [2.24, 2.45) is 15.3 Å². The first kappa shape index (κ1) is 15.6. The van der Waals surface area contributed by atoms with Crippen LogP contribution in [0.5, 0.6) is 0 Å². The zero-order chi connectivity index (χ0) is 15.1. The monoisotopic (exact) mass is 277 g/mol. The minimum Gasteiger partial charge on any atom is -0.548 e. The summed E-state index contributed by atoms with van der Waals surface area (Å²) in [6.07, 6.45) is 1.30. The van der Waals surface area contributed by atoms with E-state index in [0.29, 0.717) is 11.4 Å². The molecule has 0 N–H and O–H groups in total. The van der Waals surface area contributed by atoms with Gasteiger partial charge in [0, 0.05) is 7.05 Å². The molecule has 20 heavy (non-hydrogen) atoms. The van der Waals surface area contributed by atoms with Crippen molar-refractivity contribution in [2.45, 2.75) is 13.8 Å². The van der Waals surface area contributed by atoms with Crippen molar-refractivity contribution in [3.05, 3.63) is 23.3 Å². The summed E-state index contributed by atoms with van der Waals surface area (Å²) in [6.45, 7) is 3.50. The van der Waals surface area contributed by atoms with Gasteiger partial charge in [-0.25, -0.2) is 4.99 Å². The van der Waals surface area contributed by atoms with Gasteiger partial charge < -0.3 is 14.6 Å². The van der Waals surface area contributed by atoms with Crippen molar-refractivity contribution in [1.82, 2.24) is 5.01 Å². The van der Waals surface area contributed by atoms with Crippen molar-refractivity contribution in [1.29, 1.82) is 0 Å². The quantitative estimate of drug-likeness (QED) is 0.339. The minimum atomic E-state index is -1.22. The number of aliphatic carboxylic acids is 1. The molecule has 108 valence electrons. The lowest BCUT2D eigenvalue weighted by Crippen LogP contribution is -2.33. The van der Waals surface area contributed by atoms with E-state index in [1.165, 1.54) is 25.6 Å². The van der Waals surface area contributed by atoms with Gasteiger partial charge in [0.15, 0.2) is 6.40 Å². The van der Waals surface area contributed by atoms with E-state index in [1.54, 1.807) is 0 Å². The van der Waals surface area contributed by atoms with E-state index in [4.69, 9.17) is 4.74 Å². The third-order valence-electron chi connectivity index (χ3n) is 2.38. The number of nitrogens with zero attached hydrogens (tertiary/aromatic N) is 4. The van der Waals surface area contributed by atoms with E-state index in [0.717, 1.165) is 11.1 Å². The first-order chi connectivity index (χ1) is 9.43. The topological polar surface area (TPSA) is 89.7 Å². The molecule has 0 unspecified atom stereocenters. The number of carbonyl (C=O) groups excluding carboxylic acids is 1. The fourth-order valence-corrected chi connectivity index (χ4v) is 1.62. The lowest BCUT2D eigenvalue weighted by atomic mass is 10.1. The van der Waals surface area contributed by atoms with E-state index in [-0.39, 0.29) is 6.54 Å². The summed E-state index contributed by atoms with van der Waals surface area (Å²) < 4.78 is 4.80. The van der Waals surface area contributed by atoms with Crippen LogP contribution in [0.4, 0.5) is 11.4 Å². The van der Waals surface area contributed by atoms with Crippen LogP contribution in [0.3, 0.4) is 0 Å². The predicted molar refractivity (Wildman–Crippen MR) is 73.2 cm³/mol. The van der Waals surface area contributed by atoms with Gasteiger partial charge in [0.25, 0.3) is 0 Å². The number of carbonyl (C=O) groups is 1. The number of aliphatic imine (C=N–C) groups is 1. The molecule has 0 bridgehead atoms. The molecule has 0 radical (unpaired) electrons. The maximum absolute atomic E-state index is 10.4. The SMILES string of the molecule is COC=Nc1cc(C)cc(C)c1N=NN(C)CC(=O)[O-]. The van der Waals surface area contributed by atoms with Gasteiger partial charge in [0.1, 0.15) is 5.69 Å². The molecule has 1 rings (SSSR count). The van der Waals surface area contributed by atoms with Gasteiger partial charge in [-0.3, -0.25) is 5.01 Å². The Morgan fingerprint density at radius 1 is 1.45 bits per heavy atom. The molecular weight excluding hydrogens is 260 g/mol. The molecule has 0 aliphatic rings. The number of carboxylic acid groups (broad SMARTS) is 1. The largest absolute Gasteiger partial charge is 0.548 e. The number of hydrogen-bond acceptors (Lipinski definition) is 6. The lowest BCUT2D eigenvalue weighted by molar-refractivity contribution is -0.306. The summed E-state index contributed by atoms with van der Waals surface area (Å²) in [4.78, 5) is 14.6. The lowest BCUT2D eigenvalue weighted by Gasteiger charge is -2.12. The van der Waals surface area contributed by atoms with Crippen LogP contribution >= 0.6 is 0 Å². The molecule has 0 atom stereocenters. The molecule has 7 heteroatoms. The highest BCUT2D eigenvalue weighted by atomic mass is 16.5. The molecule has 0 heterocycles.